The minimum Gasteiger partial charge on any atom is -0.478 e. The molecular weight excluding hydrogens is 444 g/mol. The molecule has 2 atom stereocenters. The zero-order valence-electron chi connectivity index (χ0n) is 18.7. The fraction of sp³-hybridized carbons (Fsp3) is 0.435. The van der Waals surface area contributed by atoms with Gasteiger partial charge >= 0.3 is 0 Å². The van der Waals surface area contributed by atoms with Gasteiger partial charge in [0.15, 0.2) is 6.10 Å². The second kappa shape index (κ2) is 9.48. The lowest BCUT2D eigenvalue weighted by Crippen LogP contribution is -2.45. The number of anilines is 1. The smallest absolute Gasteiger partial charge is 0.265 e. The maximum atomic E-state index is 13.5. The van der Waals surface area contributed by atoms with Gasteiger partial charge in [-0.2, -0.15) is 4.31 Å². The monoisotopic (exact) mass is 472 g/mol. The van der Waals surface area contributed by atoms with Gasteiger partial charge in [-0.05, 0) is 49.9 Å². The van der Waals surface area contributed by atoms with Gasteiger partial charge in [0.25, 0.3) is 5.91 Å². The van der Waals surface area contributed by atoms with E-state index in [1.54, 1.807) is 25.3 Å². The molecule has 0 bridgehead atoms. The van der Waals surface area contributed by atoms with Crippen molar-refractivity contribution in [2.45, 2.75) is 50.7 Å². The molecule has 9 nitrogen and oxygen atoms in total. The predicted molar refractivity (Wildman–Crippen MR) is 122 cm³/mol. The SMILES string of the molecule is CC[C@H]1Oc2cc(S(=O)(=O)N3CCC[C@@H](C(=O)NCc4ccccn4)C3)c(C)cc2NC1=O. The molecule has 1 aromatic heterocycles. The average Bonchev–Trinajstić information content (AvgIpc) is 2.82. The van der Waals surface area contributed by atoms with E-state index >= 15 is 0 Å². The van der Waals surface area contributed by atoms with Crippen LogP contribution in [-0.2, 0) is 26.2 Å². The maximum absolute atomic E-state index is 13.5. The summed E-state index contributed by atoms with van der Waals surface area (Å²) < 4.78 is 34.1. The number of piperidine rings is 1. The number of rotatable bonds is 6. The number of carbonyl (C=O) groups is 2. The molecule has 2 N–H and O–H groups in total. The summed E-state index contributed by atoms with van der Waals surface area (Å²) in [5, 5.41) is 5.64. The number of ether oxygens (including phenoxy) is 1. The van der Waals surface area contributed by atoms with Crippen LogP contribution < -0.4 is 15.4 Å². The molecule has 1 fully saturated rings. The van der Waals surface area contributed by atoms with E-state index < -0.39 is 22.0 Å². The van der Waals surface area contributed by atoms with Gasteiger partial charge in [-0.1, -0.05) is 13.0 Å². The van der Waals surface area contributed by atoms with Crippen molar-refractivity contribution < 1.29 is 22.7 Å². The van der Waals surface area contributed by atoms with E-state index in [-0.39, 0.29) is 23.3 Å². The number of nitrogens with one attached hydrogen (secondary N) is 2. The number of benzene rings is 1. The van der Waals surface area contributed by atoms with E-state index in [0.29, 0.717) is 49.4 Å². The molecular formula is C23H28N4O5S. The first-order valence-corrected chi connectivity index (χ1v) is 12.5. The maximum Gasteiger partial charge on any atom is 0.265 e. The third-order valence-corrected chi connectivity index (χ3v) is 8.02. The second-order valence-electron chi connectivity index (χ2n) is 8.36. The number of pyridine rings is 1. The molecule has 2 aromatic rings. The predicted octanol–water partition coefficient (Wildman–Crippen LogP) is 2.22. The van der Waals surface area contributed by atoms with E-state index in [9.17, 15) is 18.0 Å². The second-order valence-corrected chi connectivity index (χ2v) is 10.3. The van der Waals surface area contributed by atoms with Crippen molar-refractivity contribution in [3.05, 3.63) is 47.8 Å². The van der Waals surface area contributed by atoms with Gasteiger partial charge in [0, 0.05) is 25.4 Å². The van der Waals surface area contributed by atoms with Crippen molar-refractivity contribution in [2.75, 3.05) is 18.4 Å². The number of aromatic nitrogens is 1. The third kappa shape index (κ3) is 4.86. The minimum absolute atomic E-state index is 0.113. The van der Waals surface area contributed by atoms with E-state index in [2.05, 4.69) is 15.6 Å². The zero-order valence-corrected chi connectivity index (χ0v) is 19.5. The topological polar surface area (TPSA) is 118 Å². The molecule has 0 radical (unpaired) electrons. The first-order chi connectivity index (χ1) is 15.8. The fourth-order valence-electron chi connectivity index (χ4n) is 4.17. The molecule has 10 heteroatoms. The van der Waals surface area contributed by atoms with E-state index in [1.807, 2.05) is 19.1 Å². The summed E-state index contributed by atoms with van der Waals surface area (Å²) >= 11 is 0. The number of sulfonamides is 1. The summed E-state index contributed by atoms with van der Waals surface area (Å²) in [5.41, 5.74) is 1.72. The molecule has 176 valence electrons. The van der Waals surface area contributed by atoms with Gasteiger partial charge in [-0.3, -0.25) is 14.6 Å². The standard InChI is InChI=1S/C23H28N4O5S/c1-3-19-23(29)26-18-11-15(2)21(12-20(18)32-19)33(30,31)27-10-6-7-16(14-27)22(28)25-13-17-8-4-5-9-24-17/h4-5,8-9,11-12,16,19H,3,6-7,10,13-14H2,1-2H3,(H,25,28)(H,26,29)/t16-,19-/m1/s1. The van der Waals surface area contributed by atoms with Crippen molar-refractivity contribution in [3.63, 3.8) is 0 Å². The zero-order chi connectivity index (χ0) is 23.6. The Bertz CT molecular complexity index is 1150. The molecule has 4 rings (SSSR count). The van der Waals surface area contributed by atoms with E-state index in [0.717, 1.165) is 5.69 Å². The van der Waals surface area contributed by atoms with Crippen molar-refractivity contribution in [1.29, 1.82) is 0 Å². The summed E-state index contributed by atoms with van der Waals surface area (Å²) in [6, 6.07) is 8.58. The van der Waals surface area contributed by atoms with Crippen LogP contribution >= 0.6 is 0 Å². The number of hydrogen-bond donors (Lipinski definition) is 2. The number of nitrogens with zero attached hydrogens (tertiary/aromatic N) is 2. The van der Waals surface area contributed by atoms with Crippen molar-refractivity contribution in [3.8, 4) is 5.75 Å². The Morgan fingerprint density at radius 3 is 2.88 bits per heavy atom. The molecule has 1 aromatic carbocycles. The summed E-state index contributed by atoms with van der Waals surface area (Å²) in [5.74, 6) is -0.516. The first kappa shape index (κ1) is 23.2. The Kier molecular flexibility index (Phi) is 6.66. The third-order valence-electron chi connectivity index (χ3n) is 6.01. The average molecular weight is 473 g/mol. The van der Waals surface area contributed by atoms with Gasteiger partial charge in [-0.15, -0.1) is 0 Å². The summed E-state index contributed by atoms with van der Waals surface area (Å²) in [6.07, 6.45) is 2.70. The summed E-state index contributed by atoms with van der Waals surface area (Å²) in [7, 11) is -3.85. The van der Waals surface area contributed by atoms with Gasteiger partial charge < -0.3 is 15.4 Å². The summed E-state index contributed by atoms with van der Waals surface area (Å²) in [6.45, 7) is 4.27. The van der Waals surface area contributed by atoms with Gasteiger partial charge in [0.1, 0.15) is 5.75 Å². The molecule has 0 saturated carbocycles. The van der Waals surface area contributed by atoms with Gasteiger partial charge in [-0.25, -0.2) is 8.42 Å². The molecule has 33 heavy (non-hydrogen) atoms. The van der Waals surface area contributed by atoms with Gasteiger partial charge in [0.2, 0.25) is 15.9 Å². The van der Waals surface area contributed by atoms with Crippen LogP contribution in [0.4, 0.5) is 5.69 Å². The largest absolute Gasteiger partial charge is 0.478 e. The van der Waals surface area contributed by atoms with Crippen LogP contribution in [0.2, 0.25) is 0 Å². The van der Waals surface area contributed by atoms with E-state index in [1.165, 1.54) is 10.4 Å². The van der Waals surface area contributed by atoms with Crippen LogP contribution in [0, 0.1) is 12.8 Å². The number of aryl methyl sites for hydroxylation is 1. The van der Waals surface area contributed by atoms with Crippen molar-refractivity contribution in [2.24, 2.45) is 5.92 Å². The van der Waals surface area contributed by atoms with Crippen LogP contribution in [0.5, 0.6) is 5.75 Å². The first-order valence-electron chi connectivity index (χ1n) is 11.1. The molecule has 0 unspecified atom stereocenters. The Balaban J connectivity index is 1.50. The van der Waals surface area contributed by atoms with E-state index in [4.69, 9.17) is 4.74 Å². The Morgan fingerprint density at radius 1 is 1.33 bits per heavy atom. The molecule has 2 aliphatic heterocycles. The molecule has 2 amide bonds. The highest BCUT2D eigenvalue weighted by molar-refractivity contribution is 7.89. The normalized spacial score (nSPS) is 21.0. The number of amides is 2. The number of carbonyl (C=O) groups excluding carboxylic acids is 2. The lowest BCUT2D eigenvalue weighted by atomic mass is 9.99. The minimum atomic E-state index is -3.85. The lowest BCUT2D eigenvalue weighted by Gasteiger charge is -2.32. The molecule has 0 aliphatic carbocycles. The van der Waals surface area contributed by atoms with Crippen molar-refractivity contribution in [1.82, 2.24) is 14.6 Å². The molecule has 2 aliphatic rings. The lowest BCUT2D eigenvalue weighted by molar-refractivity contribution is -0.126. The molecule has 3 heterocycles. The number of hydrogen-bond acceptors (Lipinski definition) is 6. The van der Waals surface area contributed by atoms with Gasteiger partial charge in [0.05, 0.1) is 28.7 Å². The quantitative estimate of drug-likeness (QED) is 0.666. The fourth-order valence-corrected chi connectivity index (χ4v) is 5.92. The highest BCUT2D eigenvalue weighted by atomic mass is 32.2. The van der Waals surface area contributed by atoms with Crippen LogP contribution in [0.15, 0.2) is 41.4 Å². The highest BCUT2D eigenvalue weighted by Gasteiger charge is 2.35. The van der Waals surface area contributed by atoms with Crippen molar-refractivity contribution >= 4 is 27.5 Å². The van der Waals surface area contributed by atoms with Crippen LogP contribution in [0.1, 0.15) is 37.4 Å². The van der Waals surface area contributed by atoms with Crippen LogP contribution in [0.25, 0.3) is 0 Å². The summed E-state index contributed by atoms with van der Waals surface area (Å²) in [4.78, 5) is 29.1. The molecule has 0 spiro atoms. The Morgan fingerprint density at radius 2 is 2.15 bits per heavy atom. The van der Waals surface area contributed by atoms with Crippen LogP contribution in [-0.4, -0.2) is 48.7 Å². The highest BCUT2D eigenvalue weighted by Crippen LogP contribution is 2.36. The van der Waals surface area contributed by atoms with Crippen LogP contribution in [0.3, 0.4) is 0 Å². The number of fused-ring (bicyclic) bond motifs is 1. The molecule has 1 saturated heterocycles. The Labute approximate surface area is 193 Å². The Hall–Kier alpha value is -2.98.